The molecule has 2 saturated carbocycles. The third-order valence-corrected chi connectivity index (χ3v) is 5.78. The van der Waals surface area contributed by atoms with Gasteiger partial charge in [-0.2, -0.15) is 0 Å². The molecule has 2 aliphatic rings. The zero-order valence-electron chi connectivity index (χ0n) is 15.0. The smallest absolute Gasteiger partial charge is 0.533 e. The third kappa shape index (κ3) is 17.1. The van der Waals surface area contributed by atoms with Gasteiger partial charge in [0.1, 0.15) is 0 Å². The van der Waals surface area contributed by atoms with E-state index in [0.29, 0.717) is 0 Å². The molecule has 0 spiro atoms. The molecule has 2 aliphatic carbocycles. The Bertz CT molecular complexity index is 252. The maximum absolute atomic E-state index is 4.10. The number of rotatable bonds is 2. The summed E-state index contributed by atoms with van der Waals surface area (Å²) >= 11 is 0. The molecule has 0 aliphatic heterocycles. The van der Waals surface area contributed by atoms with Crippen LogP contribution in [-0.4, -0.2) is 16.1 Å². The van der Waals surface area contributed by atoms with E-state index < -0.39 is 16.1 Å². The Hall–Kier alpha value is 0.758. The molecule has 0 atom stereocenters. The van der Waals surface area contributed by atoms with Crippen LogP contribution in [-0.2, 0) is 21.7 Å². The van der Waals surface area contributed by atoms with Gasteiger partial charge in [-0.25, -0.2) is 0 Å². The predicted molar refractivity (Wildman–Crippen MR) is 102 cm³/mol. The Kier molecular flexibility index (Phi) is 14.9. The van der Waals surface area contributed by atoms with Crippen LogP contribution in [0, 0.1) is 76.8 Å². The molecule has 0 unspecified atom stereocenters. The molecule has 2 fully saturated rings. The van der Waals surface area contributed by atoms with Crippen molar-refractivity contribution < 1.29 is 21.7 Å². The van der Waals surface area contributed by atoms with Gasteiger partial charge >= 0.3 is 21.7 Å². The molecule has 22 heavy (non-hydrogen) atoms. The van der Waals surface area contributed by atoms with Gasteiger partial charge in [-0.05, 0) is 64.2 Å². The van der Waals surface area contributed by atoms with Crippen molar-refractivity contribution in [3.63, 3.8) is 0 Å². The van der Waals surface area contributed by atoms with Crippen LogP contribution in [0.1, 0.15) is 0 Å². The Balaban J connectivity index is 0. The molecule has 0 saturated heterocycles. The van der Waals surface area contributed by atoms with E-state index >= 15 is 0 Å². The van der Waals surface area contributed by atoms with Crippen molar-refractivity contribution >= 4 is 16.1 Å². The molecular weight excluding hydrogens is 332 g/mol. The second-order valence-corrected chi connectivity index (χ2v) is 16.9. The van der Waals surface area contributed by atoms with Gasteiger partial charge in [-0.15, -0.1) is 8.07 Å². The molecule has 3 heteroatoms. The van der Waals surface area contributed by atoms with Gasteiger partial charge in [-0.3, -0.25) is 0 Å². The second kappa shape index (κ2) is 13.1. The van der Waals surface area contributed by atoms with Crippen molar-refractivity contribution in [2.45, 2.75) is 39.3 Å². The fourth-order valence-corrected chi connectivity index (χ4v) is 4.81. The fraction of sp³-hybridized carbons (Fsp3) is 0.316. The van der Waals surface area contributed by atoms with E-state index in [1.54, 1.807) is 0 Å². The largest absolute Gasteiger partial charge is 4.00 e. The topological polar surface area (TPSA) is 0 Å². The van der Waals surface area contributed by atoms with Gasteiger partial charge < -0.3 is 17.8 Å². The van der Waals surface area contributed by atoms with Gasteiger partial charge in [0.2, 0.25) is 0 Å². The molecular formula is C19H30Si2Ti+2. The SMILES string of the molecule is [CH2-]C(=[C-][Si](C)(C)C)[Si](C)(C)C.[CH]1[CH][CH][CH][CH]1.[CH]1[CH][CH][CH][CH]1.[Ti+4]. The van der Waals surface area contributed by atoms with Crippen molar-refractivity contribution in [3.05, 3.63) is 82.0 Å². The summed E-state index contributed by atoms with van der Waals surface area (Å²) in [5, 5.41) is 1.30. The van der Waals surface area contributed by atoms with Crippen LogP contribution < -0.4 is 0 Å². The quantitative estimate of drug-likeness (QED) is 0.459. The monoisotopic (exact) mass is 362 g/mol. The normalized spacial score (nSPS) is 18.5. The van der Waals surface area contributed by atoms with E-state index in [4.69, 9.17) is 0 Å². The van der Waals surface area contributed by atoms with E-state index in [-0.39, 0.29) is 21.7 Å². The van der Waals surface area contributed by atoms with Crippen molar-refractivity contribution in [3.8, 4) is 0 Å². The summed E-state index contributed by atoms with van der Waals surface area (Å²) < 4.78 is 0. The van der Waals surface area contributed by atoms with E-state index in [1.807, 2.05) is 64.2 Å². The first-order valence-electron chi connectivity index (χ1n) is 7.44. The van der Waals surface area contributed by atoms with E-state index in [2.05, 4.69) is 51.9 Å². The Labute approximate surface area is 158 Å². The van der Waals surface area contributed by atoms with Crippen LogP contribution in [0.2, 0.25) is 39.3 Å². The van der Waals surface area contributed by atoms with Crippen molar-refractivity contribution in [2.75, 3.05) is 0 Å². The van der Waals surface area contributed by atoms with Crippen LogP contribution in [0.4, 0.5) is 0 Å². The summed E-state index contributed by atoms with van der Waals surface area (Å²) in [4.78, 5) is 0. The number of hydrogen-bond donors (Lipinski definition) is 0. The van der Waals surface area contributed by atoms with Gasteiger partial charge in [0, 0.05) is 8.07 Å². The summed E-state index contributed by atoms with van der Waals surface area (Å²) in [5.74, 6) is 0. The summed E-state index contributed by atoms with van der Waals surface area (Å²) in [5.41, 5.74) is 3.57. The fourth-order valence-electron chi connectivity index (χ4n) is 1.28. The van der Waals surface area contributed by atoms with Crippen LogP contribution >= 0.6 is 0 Å². The molecule has 0 aromatic rings. The van der Waals surface area contributed by atoms with Crippen LogP contribution in [0.3, 0.4) is 0 Å². The van der Waals surface area contributed by atoms with Gasteiger partial charge in [0.15, 0.2) is 0 Å². The molecule has 0 bridgehead atoms. The summed E-state index contributed by atoms with van der Waals surface area (Å²) in [6.07, 6.45) is 20.0. The molecule has 0 amide bonds. The molecule has 0 N–H and O–H groups in total. The van der Waals surface area contributed by atoms with E-state index in [0.717, 1.165) is 0 Å². The Morgan fingerprint density at radius 3 is 0.955 bits per heavy atom. The molecule has 116 valence electrons. The minimum Gasteiger partial charge on any atom is -0.533 e. The molecule has 0 aromatic carbocycles. The average Bonchev–Trinajstić information content (AvgIpc) is 3.05. The van der Waals surface area contributed by atoms with Gasteiger partial charge in [0.05, 0.1) is 0 Å². The number of allylic oxidation sites excluding steroid dienone is 1. The molecule has 0 heterocycles. The summed E-state index contributed by atoms with van der Waals surface area (Å²) in [6.45, 7) is 18.0. The number of hydrogen-bond acceptors (Lipinski definition) is 0. The zero-order chi connectivity index (χ0) is 16.4. The maximum atomic E-state index is 4.10. The summed E-state index contributed by atoms with van der Waals surface area (Å²) in [7, 11) is -2.29. The maximum Gasteiger partial charge on any atom is 4.00 e. The van der Waals surface area contributed by atoms with Gasteiger partial charge in [0.25, 0.3) is 0 Å². The molecule has 2 rings (SSSR count). The molecule has 0 nitrogen and oxygen atoms in total. The van der Waals surface area contributed by atoms with Crippen molar-refractivity contribution in [1.82, 2.24) is 0 Å². The van der Waals surface area contributed by atoms with Crippen LogP contribution in [0.15, 0.2) is 5.20 Å². The summed E-state index contributed by atoms with van der Waals surface area (Å²) in [6, 6.07) is 0. The zero-order valence-corrected chi connectivity index (χ0v) is 18.5. The molecule has 0 aromatic heterocycles. The third-order valence-electron chi connectivity index (χ3n) is 2.54. The minimum atomic E-state index is -1.14. The first-order valence-corrected chi connectivity index (χ1v) is 14.4. The van der Waals surface area contributed by atoms with Crippen molar-refractivity contribution in [1.29, 1.82) is 0 Å². The van der Waals surface area contributed by atoms with Crippen LogP contribution in [0.25, 0.3) is 0 Å². The minimum absolute atomic E-state index is 0. The van der Waals surface area contributed by atoms with E-state index in [1.165, 1.54) is 5.20 Å². The van der Waals surface area contributed by atoms with Gasteiger partial charge in [-0.1, -0.05) is 39.3 Å². The van der Waals surface area contributed by atoms with Crippen LogP contribution in [0.5, 0.6) is 0 Å². The first-order chi connectivity index (χ1) is 9.63. The van der Waals surface area contributed by atoms with E-state index in [9.17, 15) is 0 Å². The average molecular weight is 362 g/mol. The second-order valence-electron chi connectivity index (χ2n) is 7.03. The predicted octanol–water partition coefficient (Wildman–Crippen LogP) is 5.35. The Morgan fingerprint density at radius 2 is 0.864 bits per heavy atom. The standard InChI is InChI=1S/C9H20Si2.2C5H5.Ti/c1-9(11(5,6)7)8-10(2,3)4;2*1-2-4-5-3-1;/h1H2,2-7H3;2*1-5H;/q-2;;;+4. The van der Waals surface area contributed by atoms with Crippen molar-refractivity contribution in [2.24, 2.45) is 0 Å². The first kappa shape index (κ1) is 25.0. The Morgan fingerprint density at radius 1 is 0.636 bits per heavy atom. The molecule has 10 radical (unpaired) electrons.